The largest absolute Gasteiger partial charge is 0.488 e. The SMILES string of the molecule is O=C(N1CC[C@@H](Oc2cccc(F)c2)C1)N1N=CCC1c1ccccc1. The molecule has 0 bridgehead atoms. The van der Waals surface area contributed by atoms with Gasteiger partial charge in [-0.25, -0.2) is 14.2 Å². The third-order valence-electron chi connectivity index (χ3n) is 4.72. The maximum atomic E-state index is 13.3. The summed E-state index contributed by atoms with van der Waals surface area (Å²) in [6.07, 6.45) is 3.08. The number of carbonyl (C=O) groups is 1. The number of ether oxygens (including phenoxy) is 1. The Balaban J connectivity index is 1.40. The number of urea groups is 1. The van der Waals surface area contributed by atoms with Crippen LogP contribution < -0.4 is 4.74 Å². The van der Waals surface area contributed by atoms with Gasteiger partial charge in [-0.05, 0) is 17.7 Å². The molecule has 2 aliphatic rings. The zero-order chi connectivity index (χ0) is 17.9. The normalized spacial score (nSPS) is 22.0. The topological polar surface area (TPSA) is 45.1 Å². The Morgan fingerprint density at radius 1 is 1.15 bits per heavy atom. The van der Waals surface area contributed by atoms with Gasteiger partial charge in [0.1, 0.15) is 17.7 Å². The summed E-state index contributed by atoms with van der Waals surface area (Å²) in [4.78, 5) is 14.7. The lowest BCUT2D eigenvalue weighted by Gasteiger charge is -2.27. The van der Waals surface area contributed by atoms with E-state index >= 15 is 0 Å². The van der Waals surface area contributed by atoms with E-state index in [0.717, 1.165) is 12.0 Å². The molecule has 0 N–H and O–H groups in total. The molecule has 1 unspecified atom stereocenters. The second kappa shape index (κ2) is 7.15. The van der Waals surface area contributed by atoms with E-state index in [9.17, 15) is 9.18 Å². The Bertz CT molecular complexity index is 812. The van der Waals surface area contributed by atoms with Gasteiger partial charge in [0, 0.05) is 31.7 Å². The fourth-order valence-electron chi connectivity index (χ4n) is 3.43. The van der Waals surface area contributed by atoms with Crippen molar-refractivity contribution in [2.45, 2.75) is 25.0 Å². The molecule has 2 heterocycles. The predicted octanol–water partition coefficient (Wildman–Crippen LogP) is 3.83. The highest BCUT2D eigenvalue weighted by molar-refractivity contribution is 5.78. The van der Waals surface area contributed by atoms with Gasteiger partial charge in [0.05, 0.1) is 12.6 Å². The van der Waals surface area contributed by atoms with Crippen molar-refractivity contribution >= 4 is 12.2 Å². The van der Waals surface area contributed by atoms with E-state index in [0.29, 0.717) is 25.3 Å². The first-order chi connectivity index (χ1) is 12.7. The molecule has 0 saturated carbocycles. The average Bonchev–Trinajstić information content (AvgIpc) is 3.31. The monoisotopic (exact) mass is 353 g/mol. The number of halogens is 1. The average molecular weight is 353 g/mol. The van der Waals surface area contributed by atoms with Crippen LogP contribution in [0, 0.1) is 5.82 Å². The summed E-state index contributed by atoms with van der Waals surface area (Å²) in [7, 11) is 0. The summed E-state index contributed by atoms with van der Waals surface area (Å²) in [5.74, 6) is 0.163. The number of benzene rings is 2. The number of hydrogen-bond donors (Lipinski definition) is 0. The molecule has 0 radical (unpaired) electrons. The molecule has 134 valence electrons. The van der Waals surface area contributed by atoms with Gasteiger partial charge in [0.2, 0.25) is 0 Å². The molecule has 0 spiro atoms. The molecule has 1 saturated heterocycles. The zero-order valence-electron chi connectivity index (χ0n) is 14.3. The third-order valence-corrected chi connectivity index (χ3v) is 4.72. The minimum absolute atomic E-state index is 0.0631. The van der Waals surface area contributed by atoms with Crippen molar-refractivity contribution in [3.63, 3.8) is 0 Å². The highest BCUT2D eigenvalue weighted by atomic mass is 19.1. The van der Waals surface area contributed by atoms with Crippen LogP contribution in [-0.2, 0) is 0 Å². The third kappa shape index (κ3) is 3.40. The van der Waals surface area contributed by atoms with Crippen LogP contribution in [0.5, 0.6) is 5.75 Å². The number of rotatable bonds is 3. The van der Waals surface area contributed by atoms with Crippen LogP contribution in [0.3, 0.4) is 0 Å². The summed E-state index contributed by atoms with van der Waals surface area (Å²) < 4.78 is 19.1. The summed E-state index contributed by atoms with van der Waals surface area (Å²) in [5, 5.41) is 5.84. The summed E-state index contributed by atoms with van der Waals surface area (Å²) in [5.41, 5.74) is 1.07. The number of amides is 2. The highest BCUT2D eigenvalue weighted by Gasteiger charge is 2.35. The van der Waals surface area contributed by atoms with Crippen LogP contribution >= 0.6 is 0 Å². The van der Waals surface area contributed by atoms with E-state index in [1.54, 1.807) is 28.3 Å². The van der Waals surface area contributed by atoms with Crippen molar-refractivity contribution in [1.29, 1.82) is 0 Å². The van der Waals surface area contributed by atoms with Gasteiger partial charge in [-0.1, -0.05) is 36.4 Å². The van der Waals surface area contributed by atoms with Crippen LogP contribution in [0.25, 0.3) is 0 Å². The van der Waals surface area contributed by atoms with Crippen molar-refractivity contribution in [2.75, 3.05) is 13.1 Å². The van der Waals surface area contributed by atoms with Crippen molar-refractivity contribution in [3.8, 4) is 5.75 Å². The molecule has 2 aromatic carbocycles. The predicted molar refractivity (Wildman–Crippen MR) is 96.5 cm³/mol. The molecular weight excluding hydrogens is 333 g/mol. The standard InChI is InChI=1S/C20H20FN3O2/c21-16-7-4-8-17(13-16)26-18-10-12-23(14-18)20(25)24-19(9-11-22-24)15-5-2-1-3-6-15/h1-8,11,13,18-19H,9-10,12,14H2/t18-,19?/m1/s1. The van der Waals surface area contributed by atoms with Gasteiger partial charge >= 0.3 is 6.03 Å². The number of hydrazone groups is 1. The van der Waals surface area contributed by atoms with Crippen LogP contribution in [0.4, 0.5) is 9.18 Å². The molecule has 5 nitrogen and oxygen atoms in total. The first-order valence-electron chi connectivity index (χ1n) is 8.78. The Kier molecular flexibility index (Phi) is 4.56. The Labute approximate surface area is 151 Å². The molecule has 0 aliphatic carbocycles. The van der Waals surface area contributed by atoms with Crippen LogP contribution in [0.2, 0.25) is 0 Å². The summed E-state index contributed by atoms with van der Waals surface area (Å²) in [6, 6.07) is 15.8. The zero-order valence-corrected chi connectivity index (χ0v) is 14.3. The second-order valence-corrected chi connectivity index (χ2v) is 6.52. The summed E-state index contributed by atoms with van der Waals surface area (Å²) in [6.45, 7) is 1.08. The molecule has 2 aliphatic heterocycles. The molecule has 26 heavy (non-hydrogen) atoms. The first kappa shape index (κ1) is 16.6. The van der Waals surface area contributed by atoms with Gasteiger partial charge in [0.15, 0.2) is 0 Å². The lowest BCUT2D eigenvalue weighted by atomic mass is 10.1. The number of likely N-dealkylation sites (tertiary alicyclic amines) is 1. The maximum Gasteiger partial charge on any atom is 0.341 e. The highest BCUT2D eigenvalue weighted by Crippen LogP contribution is 2.30. The summed E-state index contributed by atoms with van der Waals surface area (Å²) >= 11 is 0. The van der Waals surface area contributed by atoms with Crippen molar-refractivity contribution < 1.29 is 13.9 Å². The molecule has 6 heteroatoms. The van der Waals surface area contributed by atoms with Gasteiger partial charge in [0.25, 0.3) is 0 Å². The lowest BCUT2D eigenvalue weighted by molar-refractivity contribution is 0.142. The number of carbonyl (C=O) groups excluding carboxylic acids is 1. The van der Waals surface area contributed by atoms with E-state index < -0.39 is 0 Å². The van der Waals surface area contributed by atoms with E-state index in [1.807, 2.05) is 30.3 Å². The smallest absolute Gasteiger partial charge is 0.341 e. The van der Waals surface area contributed by atoms with E-state index in [-0.39, 0.29) is 24.0 Å². The fourth-order valence-corrected chi connectivity index (χ4v) is 3.43. The minimum Gasteiger partial charge on any atom is -0.488 e. The van der Waals surface area contributed by atoms with Gasteiger partial charge in [-0.3, -0.25) is 0 Å². The molecule has 2 atom stereocenters. The van der Waals surface area contributed by atoms with Crippen LogP contribution in [0.1, 0.15) is 24.4 Å². The van der Waals surface area contributed by atoms with Gasteiger partial charge in [-0.2, -0.15) is 5.10 Å². The Morgan fingerprint density at radius 2 is 2.00 bits per heavy atom. The molecule has 1 fully saturated rings. The van der Waals surface area contributed by atoms with E-state index in [4.69, 9.17) is 4.74 Å². The number of nitrogens with zero attached hydrogens (tertiary/aromatic N) is 3. The Hall–Kier alpha value is -2.89. The first-order valence-corrected chi connectivity index (χ1v) is 8.78. The molecule has 2 amide bonds. The molecule has 0 aromatic heterocycles. The van der Waals surface area contributed by atoms with E-state index in [1.165, 1.54) is 12.1 Å². The van der Waals surface area contributed by atoms with E-state index in [2.05, 4.69) is 5.10 Å². The van der Waals surface area contributed by atoms with Crippen molar-refractivity contribution in [3.05, 3.63) is 66.0 Å². The van der Waals surface area contributed by atoms with Gasteiger partial charge < -0.3 is 9.64 Å². The van der Waals surface area contributed by atoms with Crippen molar-refractivity contribution in [1.82, 2.24) is 9.91 Å². The van der Waals surface area contributed by atoms with Crippen molar-refractivity contribution in [2.24, 2.45) is 5.10 Å². The maximum absolute atomic E-state index is 13.3. The van der Waals surface area contributed by atoms with Crippen LogP contribution in [0.15, 0.2) is 59.7 Å². The van der Waals surface area contributed by atoms with Crippen LogP contribution in [-0.4, -0.2) is 41.3 Å². The Morgan fingerprint density at radius 3 is 2.81 bits per heavy atom. The number of hydrogen-bond acceptors (Lipinski definition) is 3. The second-order valence-electron chi connectivity index (χ2n) is 6.52. The lowest BCUT2D eigenvalue weighted by Crippen LogP contribution is -2.40. The molecule has 4 rings (SSSR count). The molecular formula is C20H20FN3O2. The quantitative estimate of drug-likeness (QED) is 0.842. The fraction of sp³-hybridized carbons (Fsp3) is 0.300. The minimum atomic E-state index is -0.328. The molecule has 2 aromatic rings. The van der Waals surface area contributed by atoms with Gasteiger partial charge in [-0.15, -0.1) is 0 Å².